The lowest BCUT2D eigenvalue weighted by Gasteiger charge is -2.10. The van der Waals surface area contributed by atoms with Crippen LogP contribution < -0.4 is 10.6 Å². The zero-order valence-corrected chi connectivity index (χ0v) is 9.64. The third-order valence-electron chi connectivity index (χ3n) is 1.66. The molecule has 0 fully saturated rings. The molecule has 5 nitrogen and oxygen atoms in total. The fourth-order valence-corrected chi connectivity index (χ4v) is 1.66. The molecule has 1 aromatic heterocycles. The number of rotatable bonds is 3. The van der Waals surface area contributed by atoms with Crippen LogP contribution in [0, 0.1) is 6.92 Å². The first-order valence-corrected chi connectivity index (χ1v) is 5.31. The van der Waals surface area contributed by atoms with Crippen LogP contribution in [0.25, 0.3) is 0 Å². The maximum atomic E-state index is 11.5. The number of anilines is 1. The van der Waals surface area contributed by atoms with Gasteiger partial charge in [0.2, 0.25) is 11.8 Å². The summed E-state index contributed by atoms with van der Waals surface area (Å²) < 4.78 is 0. The standard InChI is InChI=1S/C9H13N3O2S/c1-5-4-10-9(15-5)12-8(14)6(2)11-7(3)13/h4,6H,1-3H3,(H,11,13)(H,10,12,14). The molecule has 2 amide bonds. The molecule has 15 heavy (non-hydrogen) atoms. The molecule has 2 N–H and O–H groups in total. The van der Waals surface area contributed by atoms with E-state index in [4.69, 9.17) is 0 Å². The van der Waals surface area contributed by atoms with Crippen LogP contribution in [0.15, 0.2) is 6.20 Å². The van der Waals surface area contributed by atoms with E-state index in [2.05, 4.69) is 15.6 Å². The summed E-state index contributed by atoms with van der Waals surface area (Å²) in [6.45, 7) is 4.90. The molecule has 1 aromatic rings. The molecule has 1 unspecified atom stereocenters. The van der Waals surface area contributed by atoms with E-state index in [0.29, 0.717) is 5.13 Å². The van der Waals surface area contributed by atoms with Crippen LogP contribution in [0.2, 0.25) is 0 Å². The Balaban J connectivity index is 2.52. The minimum Gasteiger partial charge on any atom is -0.345 e. The lowest BCUT2D eigenvalue weighted by molar-refractivity contribution is -0.124. The molecule has 82 valence electrons. The molecule has 0 aliphatic rings. The molecule has 0 aliphatic heterocycles. The van der Waals surface area contributed by atoms with E-state index in [9.17, 15) is 9.59 Å². The average Bonchev–Trinajstić information content (AvgIpc) is 2.50. The van der Waals surface area contributed by atoms with E-state index >= 15 is 0 Å². The maximum Gasteiger partial charge on any atom is 0.248 e. The van der Waals surface area contributed by atoms with Crippen molar-refractivity contribution in [1.29, 1.82) is 0 Å². The van der Waals surface area contributed by atoms with Crippen LogP contribution in [0.1, 0.15) is 18.7 Å². The van der Waals surface area contributed by atoms with Gasteiger partial charge in [-0.3, -0.25) is 9.59 Å². The number of nitrogens with zero attached hydrogens (tertiary/aromatic N) is 1. The van der Waals surface area contributed by atoms with E-state index < -0.39 is 6.04 Å². The summed E-state index contributed by atoms with van der Waals surface area (Å²) in [7, 11) is 0. The van der Waals surface area contributed by atoms with Crippen LogP contribution in [0.5, 0.6) is 0 Å². The van der Waals surface area contributed by atoms with Gasteiger partial charge in [0, 0.05) is 18.0 Å². The first-order chi connectivity index (χ1) is 6.99. The highest BCUT2D eigenvalue weighted by Crippen LogP contribution is 2.16. The van der Waals surface area contributed by atoms with E-state index in [1.807, 2.05) is 6.92 Å². The van der Waals surface area contributed by atoms with Crippen LogP contribution in [0.4, 0.5) is 5.13 Å². The van der Waals surface area contributed by atoms with Crippen molar-refractivity contribution in [2.45, 2.75) is 26.8 Å². The minimum atomic E-state index is -0.549. The molecule has 0 spiro atoms. The van der Waals surface area contributed by atoms with Crippen LogP contribution in [0.3, 0.4) is 0 Å². The zero-order chi connectivity index (χ0) is 11.4. The van der Waals surface area contributed by atoms with Gasteiger partial charge in [0.25, 0.3) is 0 Å². The molecular weight excluding hydrogens is 214 g/mol. The van der Waals surface area contributed by atoms with Crippen LogP contribution in [-0.4, -0.2) is 22.8 Å². The first kappa shape index (κ1) is 11.6. The summed E-state index contributed by atoms with van der Waals surface area (Å²) in [5.41, 5.74) is 0. The summed E-state index contributed by atoms with van der Waals surface area (Å²) in [5, 5.41) is 5.67. The molecular formula is C9H13N3O2S. The van der Waals surface area contributed by atoms with Gasteiger partial charge in [-0.15, -0.1) is 11.3 Å². The summed E-state index contributed by atoms with van der Waals surface area (Å²) in [6, 6.07) is -0.549. The molecule has 0 saturated carbocycles. The predicted octanol–water partition coefficient (Wildman–Crippen LogP) is 0.915. The lowest BCUT2D eigenvalue weighted by Crippen LogP contribution is -2.40. The van der Waals surface area contributed by atoms with Crippen molar-refractivity contribution < 1.29 is 9.59 Å². The number of carbonyl (C=O) groups excluding carboxylic acids is 2. The third kappa shape index (κ3) is 3.67. The number of carbonyl (C=O) groups is 2. The first-order valence-electron chi connectivity index (χ1n) is 4.49. The minimum absolute atomic E-state index is 0.229. The lowest BCUT2D eigenvalue weighted by atomic mass is 10.3. The smallest absolute Gasteiger partial charge is 0.248 e. The molecule has 1 rings (SSSR count). The number of aryl methyl sites for hydroxylation is 1. The molecule has 1 heterocycles. The van der Waals surface area contributed by atoms with Gasteiger partial charge in [0.1, 0.15) is 6.04 Å². The summed E-state index contributed by atoms with van der Waals surface area (Å²) in [6.07, 6.45) is 1.68. The second kappa shape index (κ2) is 4.88. The molecule has 0 saturated heterocycles. The molecule has 0 aliphatic carbocycles. The van der Waals surface area contributed by atoms with E-state index in [0.717, 1.165) is 4.88 Å². The number of hydrogen-bond acceptors (Lipinski definition) is 4. The van der Waals surface area contributed by atoms with Gasteiger partial charge in [-0.25, -0.2) is 4.98 Å². The Labute approximate surface area is 91.9 Å². The summed E-state index contributed by atoms with van der Waals surface area (Å²) >= 11 is 1.40. The second-order valence-corrected chi connectivity index (χ2v) is 4.42. The topological polar surface area (TPSA) is 71.1 Å². The average molecular weight is 227 g/mol. The highest BCUT2D eigenvalue weighted by Gasteiger charge is 2.14. The Bertz CT molecular complexity index is 375. The fraction of sp³-hybridized carbons (Fsp3) is 0.444. The van der Waals surface area contributed by atoms with Gasteiger partial charge in [-0.05, 0) is 13.8 Å². The predicted molar refractivity (Wildman–Crippen MR) is 58.8 cm³/mol. The quantitative estimate of drug-likeness (QED) is 0.806. The highest BCUT2D eigenvalue weighted by molar-refractivity contribution is 7.15. The number of thiazole rings is 1. The number of amides is 2. The molecule has 1 atom stereocenters. The number of hydrogen-bond donors (Lipinski definition) is 2. The molecule has 0 radical (unpaired) electrons. The van der Waals surface area contributed by atoms with Crippen molar-refractivity contribution in [3.8, 4) is 0 Å². The molecule has 0 aromatic carbocycles. The fourth-order valence-electron chi connectivity index (χ4n) is 0.997. The van der Waals surface area contributed by atoms with Gasteiger partial charge in [-0.1, -0.05) is 0 Å². The van der Waals surface area contributed by atoms with Gasteiger partial charge in [0.15, 0.2) is 5.13 Å². The van der Waals surface area contributed by atoms with Gasteiger partial charge < -0.3 is 10.6 Å². The van der Waals surface area contributed by atoms with Crippen molar-refractivity contribution in [3.63, 3.8) is 0 Å². The molecule has 6 heteroatoms. The Kier molecular flexibility index (Phi) is 3.79. The second-order valence-electron chi connectivity index (χ2n) is 3.19. The third-order valence-corrected chi connectivity index (χ3v) is 2.49. The van der Waals surface area contributed by atoms with Crippen molar-refractivity contribution in [2.75, 3.05) is 5.32 Å². The van der Waals surface area contributed by atoms with Gasteiger partial charge in [-0.2, -0.15) is 0 Å². The van der Waals surface area contributed by atoms with Gasteiger partial charge in [0.05, 0.1) is 0 Å². The van der Waals surface area contributed by atoms with Crippen molar-refractivity contribution >= 4 is 28.3 Å². The summed E-state index contributed by atoms with van der Waals surface area (Å²) in [4.78, 5) is 27.2. The Morgan fingerprint density at radius 1 is 1.53 bits per heavy atom. The van der Waals surface area contributed by atoms with Crippen LogP contribution in [-0.2, 0) is 9.59 Å². The van der Waals surface area contributed by atoms with E-state index in [1.165, 1.54) is 18.3 Å². The SMILES string of the molecule is CC(=O)NC(C)C(=O)Nc1ncc(C)s1. The Morgan fingerprint density at radius 2 is 2.20 bits per heavy atom. The van der Waals surface area contributed by atoms with Crippen molar-refractivity contribution in [1.82, 2.24) is 10.3 Å². The Morgan fingerprint density at radius 3 is 2.67 bits per heavy atom. The largest absolute Gasteiger partial charge is 0.345 e. The highest BCUT2D eigenvalue weighted by atomic mass is 32.1. The van der Waals surface area contributed by atoms with E-state index in [1.54, 1.807) is 13.1 Å². The molecule has 0 bridgehead atoms. The zero-order valence-electron chi connectivity index (χ0n) is 8.83. The van der Waals surface area contributed by atoms with Gasteiger partial charge >= 0.3 is 0 Å². The number of nitrogens with one attached hydrogen (secondary N) is 2. The van der Waals surface area contributed by atoms with Crippen molar-refractivity contribution in [3.05, 3.63) is 11.1 Å². The normalized spacial score (nSPS) is 11.9. The Hall–Kier alpha value is -1.43. The number of aromatic nitrogens is 1. The summed E-state index contributed by atoms with van der Waals surface area (Å²) in [5.74, 6) is -0.493. The van der Waals surface area contributed by atoms with Crippen molar-refractivity contribution in [2.24, 2.45) is 0 Å². The van der Waals surface area contributed by atoms with Crippen LogP contribution >= 0.6 is 11.3 Å². The maximum absolute atomic E-state index is 11.5. The van der Waals surface area contributed by atoms with E-state index in [-0.39, 0.29) is 11.8 Å². The monoisotopic (exact) mass is 227 g/mol.